The first-order valence-corrected chi connectivity index (χ1v) is 12.2. The molecule has 1 aliphatic heterocycles. The molecule has 0 amide bonds. The Labute approximate surface area is 174 Å². The number of hydrogen-bond donors (Lipinski definition) is 0. The molecule has 1 aromatic heterocycles. The van der Waals surface area contributed by atoms with Gasteiger partial charge in [0.25, 0.3) is 0 Å². The lowest BCUT2D eigenvalue weighted by molar-refractivity contribution is 0.0861. The van der Waals surface area contributed by atoms with Crippen molar-refractivity contribution in [2.24, 2.45) is 5.92 Å². The van der Waals surface area contributed by atoms with Gasteiger partial charge in [0.1, 0.15) is 0 Å². The van der Waals surface area contributed by atoms with Gasteiger partial charge in [0.15, 0.2) is 0 Å². The number of aromatic nitrogens is 2. The van der Waals surface area contributed by atoms with E-state index in [0.29, 0.717) is 12.5 Å². The number of methoxy groups -OCH3 is 1. The van der Waals surface area contributed by atoms with Crippen LogP contribution in [0.15, 0.2) is 41.7 Å². The monoisotopic (exact) mass is 419 g/mol. The van der Waals surface area contributed by atoms with Crippen LogP contribution in [0.1, 0.15) is 37.4 Å². The van der Waals surface area contributed by atoms with Crippen LogP contribution in [0, 0.1) is 5.92 Å². The molecule has 29 heavy (non-hydrogen) atoms. The van der Waals surface area contributed by atoms with Gasteiger partial charge in [-0.15, -0.1) is 0 Å². The normalized spacial score (nSPS) is 18.2. The number of likely N-dealkylation sites (tertiary alicyclic amines) is 1. The van der Waals surface area contributed by atoms with Crippen molar-refractivity contribution < 1.29 is 13.2 Å². The minimum Gasteiger partial charge on any atom is -0.384 e. The molecule has 1 saturated heterocycles. The van der Waals surface area contributed by atoms with E-state index in [0.717, 1.165) is 51.2 Å². The molecule has 0 radical (unpaired) electrons. The van der Waals surface area contributed by atoms with Gasteiger partial charge in [0.2, 0.25) is 15.0 Å². The second-order valence-electron chi connectivity index (χ2n) is 7.88. The lowest BCUT2D eigenvalue weighted by Gasteiger charge is -2.32. The van der Waals surface area contributed by atoms with Gasteiger partial charge < -0.3 is 9.30 Å². The summed E-state index contributed by atoms with van der Waals surface area (Å²) >= 11 is 0. The number of rotatable bonds is 10. The van der Waals surface area contributed by atoms with Crippen molar-refractivity contribution in [3.05, 3.63) is 47.8 Å². The Balaban J connectivity index is 1.74. The average molecular weight is 420 g/mol. The number of aryl methyl sites for hydroxylation is 1. The van der Waals surface area contributed by atoms with E-state index in [9.17, 15) is 8.42 Å². The molecule has 1 unspecified atom stereocenters. The zero-order valence-electron chi connectivity index (χ0n) is 17.6. The van der Waals surface area contributed by atoms with Crippen molar-refractivity contribution in [3.63, 3.8) is 0 Å². The highest BCUT2D eigenvalue weighted by molar-refractivity contribution is 7.91. The first-order chi connectivity index (χ1) is 14.0. The van der Waals surface area contributed by atoms with E-state index in [1.807, 2.05) is 22.8 Å². The van der Waals surface area contributed by atoms with Crippen LogP contribution < -0.4 is 0 Å². The maximum absolute atomic E-state index is 12.6. The number of sulfone groups is 1. The standard InChI is InChI=1S/C22H33N3O3S/c1-3-29(26,27)22-23-15-21(17-24-13-7-12-20(16-24)18-28-2)25(22)14-8-11-19-9-5-4-6-10-19/h4-6,9-10,15,20H,3,7-8,11-14,16-18H2,1-2H3. The Hall–Kier alpha value is -1.70. The summed E-state index contributed by atoms with van der Waals surface area (Å²) < 4.78 is 32.4. The van der Waals surface area contributed by atoms with Gasteiger partial charge in [0.05, 0.1) is 24.3 Å². The van der Waals surface area contributed by atoms with Crippen LogP contribution in [0.2, 0.25) is 0 Å². The van der Waals surface area contributed by atoms with Crippen LogP contribution in [0.25, 0.3) is 0 Å². The Morgan fingerprint density at radius 1 is 1.24 bits per heavy atom. The smallest absolute Gasteiger partial charge is 0.227 e. The van der Waals surface area contributed by atoms with E-state index in [4.69, 9.17) is 4.74 Å². The van der Waals surface area contributed by atoms with Crippen LogP contribution in [0.3, 0.4) is 0 Å². The predicted octanol–water partition coefficient (Wildman–Crippen LogP) is 3.17. The molecule has 1 aliphatic rings. The Morgan fingerprint density at radius 3 is 2.76 bits per heavy atom. The molecular weight excluding hydrogens is 386 g/mol. The molecule has 7 heteroatoms. The zero-order valence-corrected chi connectivity index (χ0v) is 18.4. The lowest BCUT2D eigenvalue weighted by Crippen LogP contribution is -2.37. The molecule has 0 bridgehead atoms. The van der Waals surface area contributed by atoms with Crippen LogP contribution >= 0.6 is 0 Å². The van der Waals surface area contributed by atoms with E-state index in [1.165, 1.54) is 12.0 Å². The van der Waals surface area contributed by atoms with Gasteiger partial charge >= 0.3 is 0 Å². The van der Waals surface area contributed by atoms with Crippen LogP contribution in [0.4, 0.5) is 0 Å². The molecule has 1 atom stereocenters. The van der Waals surface area contributed by atoms with E-state index < -0.39 is 9.84 Å². The molecule has 0 spiro atoms. The molecule has 0 N–H and O–H groups in total. The summed E-state index contributed by atoms with van der Waals surface area (Å²) in [7, 11) is -1.60. The third-order valence-electron chi connectivity index (χ3n) is 5.64. The second-order valence-corrected chi connectivity index (χ2v) is 10.0. The average Bonchev–Trinajstić information content (AvgIpc) is 3.13. The van der Waals surface area contributed by atoms with Crippen molar-refractivity contribution in [1.82, 2.24) is 14.5 Å². The quantitative estimate of drug-likeness (QED) is 0.592. The molecule has 0 aliphatic carbocycles. The fourth-order valence-electron chi connectivity index (χ4n) is 4.12. The molecule has 6 nitrogen and oxygen atoms in total. The molecule has 2 heterocycles. The molecule has 0 saturated carbocycles. The summed E-state index contributed by atoms with van der Waals surface area (Å²) in [4.78, 5) is 6.73. The first-order valence-electron chi connectivity index (χ1n) is 10.6. The lowest BCUT2D eigenvalue weighted by atomic mass is 9.99. The van der Waals surface area contributed by atoms with Gasteiger partial charge in [-0.2, -0.15) is 0 Å². The van der Waals surface area contributed by atoms with E-state index in [1.54, 1.807) is 20.2 Å². The molecular formula is C22H33N3O3S. The van der Waals surface area contributed by atoms with Gasteiger partial charge in [-0.3, -0.25) is 4.90 Å². The molecule has 3 rings (SSSR count). The van der Waals surface area contributed by atoms with E-state index in [-0.39, 0.29) is 10.9 Å². The van der Waals surface area contributed by atoms with Crippen molar-refractivity contribution in [2.45, 2.75) is 50.9 Å². The Bertz CT molecular complexity index is 863. The third kappa shape index (κ3) is 5.90. The summed E-state index contributed by atoms with van der Waals surface area (Å²) in [6.45, 7) is 5.87. The fraction of sp³-hybridized carbons (Fsp3) is 0.591. The summed E-state index contributed by atoms with van der Waals surface area (Å²) in [6, 6.07) is 10.3. The number of imidazole rings is 1. The summed E-state index contributed by atoms with van der Waals surface area (Å²) in [6.07, 6.45) is 5.90. The predicted molar refractivity (Wildman–Crippen MR) is 115 cm³/mol. The highest BCUT2D eigenvalue weighted by Crippen LogP contribution is 2.21. The third-order valence-corrected chi connectivity index (χ3v) is 7.28. The van der Waals surface area contributed by atoms with Gasteiger partial charge in [0, 0.05) is 26.7 Å². The van der Waals surface area contributed by atoms with Crippen molar-refractivity contribution >= 4 is 9.84 Å². The maximum atomic E-state index is 12.6. The number of hydrogen-bond acceptors (Lipinski definition) is 5. The number of piperidine rings is 1. The second kappa shape index (κ2) is 10.4. The maximum Gasteiger partial charge on any atom is 0.227 e. The Morgan fingerprint density at radius 2 is 2.03 bits per heavy atom. The number of benzene rings is 1. The van der Waals surface area contributed by atoms with Crippen molar-refractivity contribution in [3.8, 4) is 0 Å². The SMILES string of the molecule is CCS(=O)(=O)c1ncc(CN2CCCC(COC)C2)n1CCCc1ccccc1. The van der Waals surface area contributed by atoms with Crippen molar-refractivity contribution in [2.75, 3.05) is 32.6 Å². The molecule has 2 aromatic rings. The minimum atomic E-state index is -3.35. The van der Waals surface area contributed by atoms with Crippen LogP contribution in [-0.2, 0) is 34.1 Å². The van der Waals surface area contributed by atoms with Gasteiger partial charge in [-0.1, -0.05) is 37.3 Å². The Kier molecular flexibility index (Phi) is 7.86. The van der Waals surface area contributed by atoms with Gasteiger partial charge in [-0.05, 0) is 43.7 Å². The number of ether oxygens (including phenoxy) is 1. The van der Waals surface area contributed by atoms with Crippen LogP contribution in [-0.4, -0.2) is 55.4 Å². The molecule has 160 valence electrons. The topological polar surface area (TPSA) is 64.4 Å². The fourth-order valence-corrected chi connectivity index (χ4v) is 5.13. The van der Waals surface area contributed by atoms with Crippen LogP contribution in [0.5, 0.6) is 0 Å². The highest BCUT2D eigenvalue weighted by Gasteiger charge is 2.25. The summed E-state index contributed by atoms with van der Waals surface area (Å²) in [5.74, 6) is 0.615. The highest BCUT2D eigenvalue weighted by atomic mass is 32.2. The minimum absolute atomic E-state index is 0.0712. The summed E-state index contributed by atoms with van der Waals surface area (Å²) in [5.41, 5.74) is 2.26. The largest absolute Gasteiger partial charge is 0.384 e. The van der Waals surface area contributed by atoms with Crippen molar-refractivity contribution in [1.29, 1.82) is 0 Å². The molecule has 1 fully saturated rings. The summed E-state index contributed by atoms with van der Waals surface area (Å²) in [5, 5.41) is 0.216. The first kappa shape index (κ1) is 22.0. The van der Waals surface area contributed by atoms with Gasteiger partial charge in [-0.25, -0.2) is 13.4 Å². The van der Waals surface area contributed by atoms with E-state index in [2.05, 4.69) is 22.0 Å². The van der Waals surface area contributed by atoms with E-state index >= 15 is 0 Å². The zero-order chi connectivity index (χ0) is 20.7. The number of nitrogens with zero attached hydrogens (tertiary/aromatic N) is 3. The molecule has 1 aromatic carbocycles.